The Kier molecular flexibility index (Phi) is 5.26. The van der Waals surface area contributed by atoms with Crippen molar-refractivity contribution in [1.82, 2.24) is 9.88 Å². The fourth-order valence-corrected chi connectivity index (χ4v) is 4.86. The number of amides is 2. The molecule has 1 aliphatic heterocycles. The summed E-state index contributed by atoms with van der Waals surface area (Å²) in [5, 5.41) is 3.35. The van der Waals surface area contributed by atoms with Crippen molar-refractivity contribution in [2.45, 2.75) is 26.7 Å². The van der Waals surface area contributed by atoms with Crippen molar-refractivity contribution >= 4 is 34.1 Å². The number of hydrogen-bond donors (Lipinski definition) is 2. The first-order valence-electron chi connectivity index (χ1n) is 9.80. The van der Waals surface area contributed by atoms with E-state index >= 15 is 0 Å². The molecule has 29 heavy (non-hydrogen) atoms. The highest BCUT2D eigenvalue weighted by atomic mass is 32.1. The van der Waals surface area contributed by atoms with Crippen LogP contribution < -0.4 is 10.2 Å². The number of fused-ring (bicyclic) bond motifs is 1. The van der Waals surface area contributed by atoms with Crippen molar-refractivity contribution in [3.63, 3.8) is 0 Å². The molecule has 0 bridgehead atoms. The number of aromatic nitrogens is 1. The average Bonchev–Trinajstić information content (AvgIpc) is 3.30. The molecule has 1 saturated heterocycles. The number of carbonyl (C=O) groups is 3. The van der Waals surface area contributed by atoms with Gasteiger partial charge in [0.15, 0.2) is 23.2 Å². The molecule has 2 aromatic rings. The lowest BCUT2D eigenvalue weighted by Gasteiger charge is -2.31. The molecular formula is C20H25N4O4S+. The maximum Gasteiger partial charge on any atom is 0.289 e. The fourth-order valence-electron chi connectivity index (χ4n) is 3.92. The lowest BCUT2D eigenvalue weighted by molar-refractivity contribution is -0.895. The van der Waals surface area contributed by atoms with Gasteiger partial charge in [-0.2, -0.15) is 0 Å². The fraction of sp³-hybridized carbons (Fsp3) is 0.500. The zero-order valence-corrected chi connectivity index (χ0v) is 17.4. The Balaban J connectivity index is 1.29. The lowest BCUT2D eigenvalue weighted by Crippen LogP contribution is -3.15. The number of piperazine rings is 1. The number of quaternary nitrogens is 1. The predicted molar refractivity (Wildman–Crippen MR) is 107 cm³/mol. The topological polar surface area (TPSA) is 97.0 Å². The average molecular weight is 418 g/mol. The van der Waals surface area contributed by atoms with Crippen LogP contribution in [-0.2, 0) is 11.2 Å². The zero-order valence-electron chi connectivity index (χ0n) is 16.6. The molecule has 0 saturated carbocycles. The molecule has 0 spiro atoms. The van der Waals surface area contributed by atoms with Crippen molar-refractivity contribution in [3.05, 3.63) is 34.7 Å². The molecule has 1 aliphatic carbocycles. The second-order valence-corrected chi connectivity index (χ2v) is 9.48. The molecule has 2 N–H and O–H groups in total. The van der Waals surface area contributed by atoms with Gasteiger partial charge < -0.3 is 14.2 Å². The van der Waals surface area contributed by atoms with Crippen LogP contribution in [0.3, 0.4) is 0 Å². The summed E-state index contributed by atoms with van der Waals surface area (Å²) >= 11 is 1.27. The molecule has 9 heteroatoms. The summed E-state index contributed by atoms with van der Waals surface area (Å²) in [5.74, 6) is 0.219. The Morgan fingerprint density at radius 3 is 2.76 bits per heavy atom. The van der Waals surface area contributed by atoms with Crippen LogP contribution in [0.15, 0.2) is 22.8 Å². The van der Waals surface area contributed by atoms with Gasteiger partial charge in [0.05, 0.1) is 43.0 Å². The van der Waals surface area contributed by atoms with Gasteiger partial charge in [-0.25, -0.2) is 4.98 Å². The van der Waals surface area contributed by atoms with Crippen molar-refractivity contribution in [3.8, 4) is 0 Å². The number of Topliss-reactive ketones (excluding diaryl/α,β-unsaturated/α-hetero) is 1. The number of rotatable bonds is 4. The number of furan rings is 1. The van der Waals surface area contributed by atoms with E-state index in [-0.39, 0.29) is 23.0 Å². The molecule has 0 radical (unpaired) electrons. The third kappa shape index (κ3) is 4.40. The van der Waals surface area contributed by atoms with Crippen LogP contribution >= 0.6 is 11.3 Å². The summed E-state index contributed by atoms with van der Waals surface area (Å²) in [4.78, 5) is 45.1. The van der Waals surface area contributed by atoms with E-state index in [4.69, 9.17) is 4.42 Å². The molecule has 0 atom stereocenters. The molecule has 2 aliphatic rings. The minimum Gasteiger partial charge on any atom is -0.459 e. The van der Waals surface area contributed by atoms with Crippen molar-refractivity contribution in [2.75, 3.05) is 38.0 Å². The maximum atomic E-state index is 12.5. The zero-order chi connectivity index (χ0) is 20.6. The molecule has 4 rings (SSSR count). The van der Waals surface area contributed by atoms with E-state index in [2.05, 4.69) is 24.1 Å². The van der Waals surface area contributed by atoms with Crippen molar-refractivity contribution in [1.29, 1.82) is 0 Å². The van der Waals surface area contributed by atoms with E-state index in [1.807, 2.05) is 0 Å². The Labute approximate surface area is 172 Å². The Hall–Kier alpha value is -2.52. The van der Waals surface area contributed by atoms with Gasteiger partial charge in [-0.05, 0) is 24.0 Å². The van der Waals surface area contributed by atoms with E-state index in [1.54, 1.807) is 17.0 Å². The van der Waals surface area contributed by atoms with Gasteiger partial charge >= 0.3 is 0 Å². The maximum absolute atomic E-state index is 12.5. The summed E-state index contributed by atoms with van der Waals surface area (Å²) < 4.78 is 5.17. The number of thiazole rings is 1. The van der Waals surface area contributed by atoms with E-state index in [1.165, 1.54) is 17.6 Å². The molecule has 154 valence electrons. The molecule has 0 unspecified atom stereocenters. The van der Waals surface area contributed by atoms with Crippen LogP contribution in [0.25, 0.3) is 0 Å². The first-order valence-corrected chi connectivity index (χ1v) is 10.6. The van der Waals surface area contributed by atoms with Crippen LogP contribution in [0.1, 0.15) is 46.2 Å². The Morgan fingerprint density at radius 2 is 2.07 bits per heavy atom. The quantitative estimate of drug-likeness (QED) is 0.770. The van der Waals surface area contributed by atoms with E-state index in [0.717, 1.165) is 17.0 Å². The number of nitrogens with zero attached hydrogens (tertiary/aromatic N) is 2. The standard InChI is InChI=1S/C20H24N4O4S/c1-20(2)10-13-17(14(25)11-20)29-19(21-13)22-16(26)12-23-5-7-24(8-6-23)18(27)15-4-3-9-28-15/h3-4,9H,5-8,10-12H2,1-2H3,(H,21,22,26)/p+1. The first-order chi connectivity index (χ1) is 13.8. The van der Waals surface area contributed by atoms with E-state index in [9.17, 15) is 14.4 Å². The largest absolute Gasteiger partial charge is 0.459 e. The third-order valence-electron chi connectivity index (χ3n) is 5.38. The van der Waals surface area contributed by atoms with Crippen LogP contribution in [-0.4, -0.2) is 60.2 Å². The van der Waals surface area contributed by atoms with Gasteiger partial charge in [0.1, 0.15) is 0 Å². The summed E-state index contributed by atoms with van der Waals surface area (Å²) in [5.41, 5.74) is 0.708. The molecular weight excluding hydrogens is 392 g/mol. The molecule has 2 aromatic heterocycles. The summed E-state index contributed by atoms with van der Waals surface area (Å²) in [6.45, 7) is 6.99. The summed E-state index contributed by atoms with van der Waals surface area (Å²) in [7, 11) is 0. The minimum atomic E-state index is -0.122. The normalized spacial score (nSPS) is 19.1. The number of carbonyl (C=O) groups excluding carboxylic acids is 3. The Bertz CT molecular complexity index is 926. The predicted octanol–water partition coefficient (Wildman–Crippen LogP) is 0.871. The molecule has 3 heterocycles. The van der Waals surface area contributed by atoms with Crippen molar-refractivity contribution in [2.24, 2.45) is 5.41 Å². The second kappa shape index (κ2) is 7.72. The second-order valence-electron chi connectivity index (χ2n) is 8.48. The number of anilines is 1. The van der Waals surface area contributed by atoms with E-state index in [0.29, 0.717) is 54.9 Å². The summed E-state index contributed by atoms with van der Waals surface area (Å²) in [6, 6.07) is 3.36. The number of ketones is 1. The monoisotopic (exact) mass is 417 g/mol. The number of hydrogen-bond acceptors (Lipinski definition) is 6. The SMILES string of the molecule is CC1(C)CC(=O)c2sc(NC(=O)C[NH+]3CCN(C(=O)c4ccco4)CC3)nc2C1. The van der Waals surface area contributed by atoms with E-state index < -0.39 is 0 Å². The van der Waals surface area contributed by atoms with Crippen LogP contribution in [0.5, 0.6) is 0 Å². The van der Waals surface area contributed by atoms with Crippen LogP contribution in [0, 0.1) is 5.41 Å². The number of nitrogens with one attached hydrogen (secondary N) is 2. The highest BCUT2D eigenvalue weighted by Crippen LogP contribution is 2.38. The van der Waals surface area contributed by atoms with Crippen LogP contribution in [0.4, 0.5) is 5.13 Å². The van der Waals surface area contributed by atoms with Gasteiger partial charge in [-0.1, -0.05) is 25.2 Å². The molecule has 2 amide bonds. The van der Waals surface area contributed by atoms with Gasteiger partial charge in [-0.3, -0.25) is 19.7 Å². The highest BCUT2D eigenvalue weighted by Gasteiger charge is 2.34. The lowest BCUT2D eigenvalue weighted by atomic mass is 9.78. The molecule has 0 aromatic carbocycles. The smallest absolute Gasteiger partial charge is 0.289 e. The minimum absolute atomic E-state index is 0.0870. The van der Waals surface area contributed by atoms with Gasteiger partial charge in [-0.15, -0.1) is 0 Å². The Morgan fingerprint density at radius 1 is 1.31 bits per heavy atom. The molecule has 1 fully saturated rings. The van der Waals surface area contributed by atoms with Gasteiger partial charge in [0.2, 0.25) is 0 Å². The first kappa shape index (κ1) is 19.8. The van der Waals surface area contributed by atoms with Gasteiger partial charge in [0.25, 0.3) is 11.8 Å². The van der Waals surface area contributed by atoms with Gasteiger partial charge in [0, 0.05) is 6.42 Å². The highest BCUT2D eigenvalue weighted by molar-refractivity contribution is 7.17. The van der Waals surface area contributed by atoms with Crippen LogP contribution in [0.2, 0.25) is 0 Å². The molecule has 8 nitrogen and oxygen atoms in total. The van der Waals surface area contributed by atoms with Crippen molar-refractivity contribution < 1.29 is 23.7 Å². The summed E-state index contributed by atoms with van der Waals surface area (Å²) in [6.07, 6.45) is 2.75. The third-order valence-corrected chi connectivity index (χ3v) is 6.44.